The quantitative estimate of drug-likeness (QED) is 0.358. The zero-order valence-corrected chi connectivity index (χ0v) is 20.4. The summed E-state index contributed by atoms with van der Waals surface area (Å²) in [7, 11) is 1.53. The molecule has 2 heterocycles. The molecule has 1 saturated carbocycles. The van der Waals surface area contributed by atoms with Crippen LogP contribution in [0.15, 0.2) is 41.6 Å². The third-order valence-electron chi connectivity index (χ3n) is 5.18. The van der Waals surface area contributed by atoms with Gasteiger partial charge in [-0.3, -0.25) is 14.6 Å². The Morgan fingerprint density at radius 3 is 2.52 bits per heavy atom. The number of carbonyl (C=O) groups excluding carboxylic acids is 2. The van der Waals surface area contributed by atoms with Crippen LogP contribution in [0, 0.1) is 0 Å². The lowest BCUT2D eigenvalue weighted by atomic mass is 9.91. The molecule has 1 aliphatic carbocycles. The van der Waals surface area contributed by atoms with E-state index in [1.807, 2.05) is 32.2 Å². The second kappa shape index (κ2) is 15.1. The molecule has 1 fully saturated rings. The van der Waals surface area contributed by atoms with Gasteiger partial charge in [0.2, 0.25) is 5.95 Å². The molecule has 1 aliphatic rings. The minimum atomic E-state index is -0.320. The van der Waals surface area contributed by atoms with Gasteiger partial charge in [0.15, 0.2) is 5.62 Å². The van der Waals surface area contributed by atoms with E-state index < -0.39 is 0 Å². The van der Waals surface area contributed by atoms with Gasteiger partial charge < -0.3 is 16.0 Å². The lowest BCUT2D eigenvalue weighted by molar-refractivity contribution is -0.116. The third kappa shape index (κ3) is 9.31. The van der Waals surface area contributed by atoms with E-state index in [0.29, 0.717) is 34.2 Å². The Kier molecular flexibility index (Phi) is 12.1. The fraction of sp³-hybridized carbons (Fsp3) is 0.458. The molecule has 0 spiro atoms. The van der Waals surface area contributed by atoms with E-state index in [-0.39, 0.29) is 5.91 Å². The maximum atomic E-state index is 11.9. The number of hydrogen-bond donors (Lipinski definition) is 3. The van der Waals surface area contributed by atoms with Gasteiger partial charge in [-0.15, -0.1) is 0 Å². The Morgan fingerprint density at radius 2 is 1.85 bits per heavy atom. The van der Waals surface area contributed by atoms with Crippen molar-refractivity contribution in [2.45, 2.75) is 58.0 Å². The largest absolute Gasteiger partial charge is 0.355 e. The first-order valence-corrected chi connectivity index (χ1v) is 12.3. The van der Waals surface area contributed by atoms with Gasteiger partial charge in [0.1, 0.15) is 0 Å². The van der Waals surface area contributed by atoms with Crippen LogP contribution in [0.5, 0.6) is 0 Å². The number of thioether (sulfide) groups is 1. The lowest BCUT2D eigenvalue weighted by Gasteiger charge is -2.29. The molecule has 3 N–H and O–H groups in total. The molecule has 0 bridgehead atoms. The summed E-state index contributed by atoms with van der Waals surface area (Å²) in [4.78, 5) is 36.1. The van der Waals surface area contributed by atoms with Gasteiger partial charge in [0, 0.05) is 50.2 Å². The summed E-state index contributed by atoms with van der Waals surface area (Å²) in [5.41, 5.74) is 2.32. The van der Waals surface area contributed by atoms with E-state index in [0.717, 1.165) is 56.1 Å². The number of carbonyl (C=O) groups is 2. The Hall–Kier alpha value is -2.78. The average molecular weight is 471 g/mol. The van der Waals surface area contributed by atoms with Crippen LogP contribution in [-0.4, -0.2) is 52.2 Å². The number of hydrogen-bond acceptors (Lipinski definition) is 8. The Labute approximate surface area is 200 Å². The summed E-state index contributed by atoms with van der Waals surface area (Å²) < 4.78 is 0. The monoisotopic (exact) mass is 470 g/mol. The molecular weight excluding hydrogens is 436 g/mol. The zero-order chi connectivity index (χ0) is 23.9. The van der Waals surface area contributed by atoms with Gasteiger partial charge in [-0.25, -0.2) is 9.97 Å². The van der Waals surface area contributed by atoms with Crippen molar-refractivity contribution in [1.29, 1.82) is 0 Å². The number of nitrogens with zero attached hydrogens (tertiary/aromatic N) is 3. The highest BCUT2D eigenvalue weighted by molar-refractivity contribution is 8.16. The molecule has 9 heteroatoms. The summed E-state index contributed by atoms with van der Waals surface area (Å²) in [6.45, 7) is 4.93. The SMILES string of the molecule is CC.CNC(=O)/C(=C/c1ccnc(NC2CCC(NCCc3ccccn3)CC2)n1)SC=O. The van der Waals surface area contributed by atoms with Crippen molar-refractivity contribution >= 4 is 35.3 Å². The molecule has 1 amide bonds. The van der Waals surface area contributed by atoms with Crippen LogP contribution < -0.4 is 16.0 Å². The molecule has 3 rings (SSSR count). The van der Waals surface area contributed by atoms with E-state index in [9.17, 15) is 9.59 Å². The second-order valence-electron chi connectivity index (χ2n) is 7.32. The van der Waals surface area contributed by atoms with Crippen molar-refractivity contribution in [3.8, 4) is 0 Å². The highest BCUT2D eigenvalue weighted by Crippen LogP contribution is 2.22. The predicted molar refractivity (Wildman–Crippen MR) is 135 cm³/mol. The van der Waals surface area contributed by atoms with Gasteiger partial charge in [0.05, 0.1) is 10.6 Å². The van der Waals surface area contributed by atoms with Crippen LogP contribution in [-0.2, 0) is 16.0 Å². The van der Waals surface area contributed by atoms with E-state index >= 15 is 0 Å². The molecule has 178 valence electrons. The number of anilines is 1. The Morgan fingerprint density at radius 1 is 1.09 bits per heavy atom. The maximum absolute atomic E-state index is 11.9. The fourth-order valence-corrected chi connectivity index (χ4v) is 4.06. The number of likely N-dealkylation sites (N-methyl/N-ethyl adjacent to an activating group) is 1. The van der Waals surface area contributed by atoms with Gasteiger partial charge >= 0.3 is 0 Å². The third-order valence-corrected chi connectivity index (χ3v) is 5.84. The van der Waals surface area contributed by atoms with Crippen LogP contribution in [0.1, 0.15) is 50.9 Å². The molecule has 2 aromatic heterocycles. The Bertz CT molecular complexity index is 886. The van der Waals surface area contributed by atoms with Gasteiger partial charge in [-0.1, -0.05) is 19.9 Å². The zero-order valence-electron chi connectivity index (χ0n) is 19.6. The van der Waals surface area contributed by atoms with Crippen LogP contribution in [0.4, 0.5) is 5.95 Å². The van der Waals surface area contributed by atoms with E-state index in [4.69, 9.17) is 0 Å². The van der Waals surface area contributed by atoms with Crippen LogP contribution in [0.25, 0.3) is 6.08 Å². The van der Waals surface area contributed by atoms with Crippen molar-refractivity contribution in [3.63, 3.8) is 0 Å². The number of amides is 1. The summed E-state index contributed by atoms with van der Waals surface area (Å²) in [6, 6.07) is 8.56. The molecule has 33 heavy (non-hydrogen) atoms. The highest BCUT2D eigenvalue weighted by Gasteiger charge is 2.21. The average Bonchev–Trinajstić information content (AvgIpc) is 2.86. The van der Waals surface area contributed by atoms with Crippen molar-refractivity contribution < 1.29 is 9.59 Å². The molecule has 0 radical (unpaired) electrons. The van der Waals surface area contributed by atoms with E-state index in [1.165, 1.54) is 7.05 Å². The molecule has 0 aromatic carbocycles. The summed E-state index contributed by atoms with van der Waals surface area (Å²) in [5.74, 6) is 0.215. The van der Waals surface area contributed by atoms with Crippen molar-refractivity contribution in [3.05, 3.63) is 53.0 Å². The van der Waals surface area contributed by atoms with E-state index in [1.54, 1.807) is 18.3 Å². The summed E-state index contributed by atoms with van der Waals surface area (Å²) >= 11 is 0.827. The molecule has 0 unspecified atom stereocenters. The Balaban J connectivity index is 0.00000187. The van der Waals surface area contributed by atoms with Gasteiger partial charge in [-0.05, 0) is 61.7 Å². The number of pyridine rings is 1. The smallest absolute Gasteiger partial charge is 0.257 e. The van der Waals surface area contributed by atoms with Crippen LogP contribution in [0.3, 0.4) is 0 Å². The minimum absolute atomic E-state index is 0.291. The summed E-state index contributed by atoms with van der Waals surface area (Å²) in [5, 5.41) is 9.57. The van der Waals surface area contributed by atoms with Gasteiger partial charge in [0.25, 0.3) is 5.91 Å². The first-order valence-electron chi connectivity index (χ1n) is 11.4. The van der Waals surface area contributed by atoms with Crippen molar-refractivity contribution in [2.24, 2.45) is 0 Å². The minimum Gasteiger partial charge on any atom is -0.355 e. The number of nitrogens with one attached hydrogen (secondary N) is 3. The molecule has 0 atom stereocenters. The van der Waals surface area contributed by atoms with Crippen LogP contribution >= 0.6 is 11.8 Å². The number of aromatic nitrogens is 3. The normalized spacial score (nSPS) is 18.0. The summed E-state index contributed by atoms with van der Waals surface area (Å²) in [6.07, 6.45) is 10.3. The first-order chi connectivity index (χ1) is 16.2. The molecule has 8 nitrogen and oxygen atoms in total. The lowest BCUT2D eigenvalue weighted by Crippen LogP contribution is -2.38. The maximum Gasteiger partial charge on any atom is 0.257 e. The molecule has 0 saturated heterocycles. The van der Waals surface area contributed by atoms with Crippen molar-refractivity contribution in [1.82, 2.24) is 25.6 Å². The first kappa shape index (κ1) is 26.5. The van der Waals surface area contributed by atoms with Crippen molar-refractivity contribution in [2.75, 3.05) is 18.9 Å². The standard InChI is InChI=1S/C22H28N6O2S.C2H6/c1-23-21(30)20(31-15-29)14-19-10-13-26-22(28-19)27-18-7-5-17(6-8-18)25-12-9-16-4-2-3-11-24-16;1-2/h2-4,10-11,13-15,17-18,25H,5-9,12H2,1H3,(H,23,30)(H,26,27,28);1-2H3/b20-14-;. The molecular formula is C24H34N6O2S. The number of rotatable bonds is 10. The highest BCUT2D eigenvalue weighted by atomic mass is 32.2. The molecule has 0 aliphatic heterocycles. The topological polar surface area (TPSA) is 109 Å². The predicted octanol–water partition coefficient (Wildman–Crippen LogP) is 3.46. The van der Waals surface area contributed by atoms with Gasteiger partial charge in [-0.2, -0.15) is 0 Å². The molecule has 2 aromatic rings. The van der Waals surface area contributed by atoms with Crippen LogP contribution in [0.2, 0.25) is 0 Å². The van der Waals surface area contributed by atoms with E-state index in [2.05, 4.69) is 37.0 Å². The fourth-order valence-electron chi connectivity index (χ4n) is 3.56. The second-order valence-corrected chi connectivity index (χ2v) is 8.19.